The summed E-state index contributed by atoms with van der Waals surface area (Å²) < 4.78 is 17.3. The summed E-state index contributed by atoms with van der Waals surface area (Å²) in [5, 5.41) is 11.5. The van der Waals surface area contributed by atoms with E-state index in [0.717, 1.165) is 6.42 Å². The predicted octanol–water partition coefficient (Wildman–Crippen LogP) is 0.804. The standard InChI is InChI=1S/C21H27N3O6/c1-28-17-9-15-16(10-18(17)29-2)22-13-24(20(15)26)12-21(27)4-6-23(7-5-21)19(25)14-3-8-30-11-14/h9-10,13-14,27H,3-8,11-12H2,1-2H3/t14-/m0/s1. The van der Waals surface area contributed by atoms with Crippen LogP contribution in [0.1, 0.15) is 19.3 Å². The Morgan fingerprint density at radius 2 is 1.97 bits per heavy atom. The van der Waals surface area contributed by atoms with Gasteiger partial charge < -0.3 is 24.2 Å². The highest BCUT2D eigenvalue weighted by Crippen LogP contribution is 2.30. The molecule has 2 fully saturated rings. The lowest BCUT2D eigenvalue weighted by Gasteiger charge is -2.39. The first-order valence-electron chi connectivity index (χ1n) is 10.1. The number of methoxy groups -OCH3 is 2. The summed E-state index contributed by atoms with van der Waals surface area (Å²) >= 11 is 0. The van der Waals surface area contributed by atoms with E-state index in [-0.39, 0.29) is 23.9 Å². The Hall–Kier alpha value is -2.65. The SMILES string of the molecule is COc1cc2ncn(CC3(O)CCN(C(=O)[C@H]4CCOC4)CC3)c(=O)c2cc1OC. The molecule has 1 N–H and O–H groups in total. The molecule has 0 saturated carbocycles. The second-order valence-electron chi connectivity index (χ2n) is 8.01. The number of piperidine rings is 1. The molecule has 2 aromatic rings. The van der Waals surface area contributed by atoms with Crippen molar-refractivity contribution >= 4 is 16.8 Å². The molecular formula is C21H27N3O6. The van der Waals surface area contributed by atoms with Gasteiger partial charge in [-0.2, -0.15) is 0 Å². The molecule has 0 spiro atoms. The first-order valence-corrected chi connectivity index (χ1v) is 10.1. The van der Waals surface area contributed by atoms with Gasteiger partial charge in [-0.3, -0.25) is 14.2 Å². The molecule has 1 amide bonds. The Kier molecular flexibility index (Phi) is 5.66. The van der Waals surface area contributed by atoms with Crippen LogP contribution in [-0.4, -0.2) is 71.6 Å². The molecule has 1 aromatic heterocycles. The summed E-state index contributed by atoms with van der Waals surface area (Å²) in [6.45, 7) is 2.16. The third-order valence-electron chi connectivity index (χ3n) is 6.08. The second kappa shape index (κ2) is 8.23. The zero-order chi connectivity index (χ0) is 21.3. The van der Waals surface area contributed by atoms with E-state index >= 15 is 0 Å². The quantitative estimate of drug-likeness (QED) is 0.768. The Bertz CT molecular complexity index is 990. The van der Waals surface area contributed by atoms with Crippen LogP contribution >= 0.6 is 0 Å². The number of fused-ring (bicyclic) bond motifs is 1. The van der Waals surface area contributed by atoms with Crippen LogP contribution in [0.25, 0.3) is 10.9 Å². The van der Waals surface area contributed by atoms with Gasteiger partial charge in [0.2, 0.25) is 5.91 Å². The second-order valence-corrected chi connectivity index (χ2v) is 8.01. The van der Waals surface area contributed by atoms with E-state index in [1.807, 2.05) is 0 Å². The van der Waals surface area contributed by atoms with E-state index in [2.05, 4.69) is 4.98 Å². The molecule has 9 nitrogen and oxygen atoms in total. The average Bonchev–Trinajstić information content (AvgIpc) is 3.30. The molecule has 4 rings (SSSR count). The molecule has 2 aliphatic rings. The molecular weight excluding hydrogens is 390 g/mol. The van der Waals surface area contributed by atoms with Gasteiger partial charge in [-0.15, -0.1) is 0 Å². The van der Waals surface area contributed by atoms with E-state index in [0.29, 0.717) is 61.5 Å². The topological polar surface area (TPSA) is 103 Å². The molecule has 30 heavy (non-hydrogen) atoms. The molecule has 0 aliphatic carbocycles. The van der Waals surface area contributed by atoms with Crippen molar-refractivity contribution in [3.05, 3.63) is 28.8 Å². The molecule has 3 heterocycles. The Labute approximate surface area is 174 Å². The summed E-state index contributed by atoms with van der Waals surface area (Å²) in [4.78, 5) is 31.7. The van der Waals surface area contributed by atoms with Crippen LogP contribution in [0.4, 0.5) is 0 Å². The molecule has 0 unspecified atom stereocenters. The fourth-order valence-electron chi connectivity index (χ4n) is 4.20. The van der Waals surface area contributed by atoms with E-state index in [9.17, 15) is 14.7 Å². The minimum Gasteiger partial charge on any atom is -0.493 e. The van der Waals surface area contributed by atoms with Crippen molar-refractivity contribution in [2.75, 3.05) is 40.5 Å². The largest absolute Gasteiger partial charge is 0.493 e. The molecule has 9 heteroatoms. The van der Waals surface area contributed by atoms with Gasteiger partial charge in [0.25, 0.3) is 5.56 Å². The number of amides is 1. The molecule has 0 bridgehead atoms. The summed E-state index contributed by atoms with van der Waals surface area (Å²) in [7, 11) is 3.03. The maximum atomic E-state index is 13.0. The number of hydrogen-bond acceptors (Lipinski definition) is 7. The van der Waals surface area contributed by atoms with Crippen molar-refractivity contribution in [1.82, 2.24) is 14.5 Å². The number of rotatable bonds is 5. The van der Waals surface area contributed by atoms with Crippen LogP contribution in [0.3, 0.4) is 0 Å². The van der Waals surface area contributed by atoms with Gasteiger partial charge in [0.1, 0.15) is 0 Å². The summed E-state index contributed by atoms with van der Waals surface area (Å²) in [6.07, 6.45) is 3.01. The number of hydrogen-bond donors (Lipinski definition) is 1. The van der Waals surface area contributed by atoms with Crippen LogP contribution in [0.5, 0.6) is 11.5 Å². The van der Waals surface area contributed by atoms with Crippen LogP contribution < -0.4 is 15.0 Å². The van der Waals surface area contributed by atoms with Crippen molar-refractivity contribution in [2.45, 2.75) is 31.4 Å². The van der Waals surface area contributed by atoms with Gasteiger partial charge in [-0.05, 0) is 25.3 Å². The number of nitrogens with zero attached hydrogens (tertiary/aromatic N) is 3. The van der Waals surface area contributed by atoms with Crippen molar-refractivity contribution in [3.63, 3.8) is 0 Å². The van der Waals surface area contributed by atoms with Crippen LogP contribution in [0.15, 0.2) is 23.3 Å². The van der Waals surface area contributed by atoms with Crippen LogP contribution in [-0.2, 0) is 16.1 Å². The maximum absolute atomic E-state index is 13.0. The summed E-state index contributed by atoms with van der Waals surface area (Å²) in [6, 6.07) is 3.26. The maximum Gasteiger partial charge on any atom is 0.261 e. The average molecular weight is 417 g/mol. The van der Waals surface area contributed by atoms with Gasteiger partial charge in [-0.25, -0.2) is 4.98 Å². The van der Waals surface area contributed by atoms with E-state index in [4.69, 9.17) is 14.2 Å². The fourth-order valence-corrected chi connectivity index (χ4v) is 4.20. The molecule has 2 aliphatic heterocycles. The molecule has 1 atom stereocenters. The van der Waals surface area contributed by atoms with Gasteiger partial charge in [0.05, 0.1) is 56.1 Å². The number of ether oxygens (including phenoxy) is 3. The van der Waals surface area contributed by atoms with E-state index in [1.165, 1.54) is 25.1 Å². The molecule has 162 valence electrons. The first kappa shape index (κ1) is 20.6. The molecule has 1 aromatic carbocycles. The predicted molar refractivity (Wildman–Crippen MR) is 109 cm³/mol. The lowest BCUT2D eigenvalue weighted by atomic mass is 9.90. The zero-order valence-electron chi connectivity index (χ0n) is 17.3. The lowest BCUT2D eigenvalue weighted by molar-refractivity contribution is -0.140. The van der Waals surface area contributed by atoms with Crippen LogP contribution in [0, 0.1) is 5.92 Å². The minimum absolute atomic E-state index is 0.0736. The lowest BCUT2D eigenvalue weighted by Crippen LogP contribution is -2.51. The Morgan fingerprint density at radius 3 is 2.60 bits per heavy atom. The summed E-state index contributed by atoms with van der Waals surface area (Å²) in [5.74, 6) is 0.969. The van der Waals surface area contributed by atoms with Crippen molar-refractivity contribution in [2.24, 2.45) is 5.92 Å². The van der Waals surface area contributed by atoms with Gasteiger partial charge in [-0.1, -0.05) is 0 Å². The smallest absolute Gasteiger partial charge is 0.261 e. The highest BCUT2D eigenvalue weighted by atomic mass is 16.5. The van der Waals surface area contributed by atoms with Crippen LogP contribution in [0.2, 0.25) is 0 Å². The third-order valence-corrected chi connectivity index (χ3v) is 6.08. The third kappa shape index (κ3) is 3.87. The highest BCUT2D eigenvalue weighted by Gasteiger charge is 2.37. The van der Waals surface area contributed by atoms with Gasteiger partial charge in [0, 0.05) is 25.8 Å². The number of carbonyl (C=O) groups is 1. The Morgan fingerprint density at radius 1 is 1.27 bits per heavy atom. The van der Waals surface area contributed by atoms with Crippen molar-refractivity contribution in [1.29, 1.82) is 0 Å². The monoisotopic (exact) mass is 417 g/mol. The van der Waals surface area contributed by atoms with Crippen molar-refractivity contribution in [3.8, 4) is 11.5 Å². The van der Waals surface area contributed by atoms with Gasteiger partial charge in [0.15, 0.2) is 11.5 Å². The zero-order valence-corrected chi connectivity index (χ0v) is 17.3. The summed E-state index contributed by atoms with van der Waals surface area (Å²) in [5.41, 5.74) is -0.824. The minimum atomic E-state index is -1.07. The van der Waals surface area contributed by atoms with E-state index < -0.39 is 5.60 Å². The molecule has 2 saturated heterocycles. The fraction of sp³-hybridized carbons (Fsp3) is 0.571. The molecule has 0 radical (unpaired) electrons. The number of carbonyl (C=O) groups excluding carboxylic acids is 1. The van der Waals surface area contributed by atoms with E-state index in [1.54, 1.807) is 17.0 Å². The number of likely N-dealkylation sites (tertiary alicyclic amines) is 1. The number of aromatic nitrogens is 2. The highest BCUT2D eigenvalue weighted by molar-refractivity contribution is 5.81. The number of aliphatic hydroxyl groups is 1. The van der Waals surface area contributed by atoms with Crippen molar-refractivity contribution < 1.29 is 24.1 Å². The Balaban J connectivity index is 1.50. The van der Waals surface area contributed by atoms with Gasteiger partial charge >= 0.3 is 0 Å². The number of benzene rings is 1. The first-order chi connectivity index (χ1) is 14.4. The normalized spacial score (nSPS) is 21.0.